The highest BCUT2D eigenvalue weighted by Crippen LogP contribution is 2.22. The van der Waals surface area contributed by atoms with E-state index < -0.39 is 5.60 Å². The fraction of sp³-hybridized carbons (Fsp3) is 1.00. The van der Waals surface area contributed by atoms with Gasteiger partial charge in [0.2, 0.25) is 0 Å². The van der Waals surface area contributed by atoms with Crippen molar-refractivity contribution in [1.29, 1.82) is 0 Å². The van der Waals surface area contributed by atoms with Crippen LogP contribution in [0.3, 0.4) is 0 Å². The highest BCUT2D eigenvalue weighted by atomic mass is 16.3. The molecule has 1 saturated heterocycles. The van der Waals surface area contributed by atoms with Crippen LogP contribution in [0.4, 0.5) is 0 Å². The van der Waals surface area contributed by atoms with Crippen LogP contribution in [-0.2, 0) is 0 Å². The van der Waals surface area contributed by atoms with Crippen molar-refractivity contribution in [3.05, 3.63) is 0 Å². The van der Waals surface area contributed by atoms with Gasteiger partial charge in [-0.05, 0) is 57.7 Å². The molecular formula is C15H32N2O. The number of hydrogen-bond donors (Lipinski definition) is 2. The van der Waals surface area contributed by atoms with Gasteiger partial charge in [-0.1, -0.05) is 26.7 Å². The molecule has 0 spiro atoms. The van der Waals surface area contributed by atoms with E-state index in [2.05, 4.69) is 11.8 Å². The summed E-state index contributed by atoms with van der Waals surface area (Å²) in [4.78, 5) is 2.55. The minimum absolute atomic E-state index is 0.391. The molecular weight excluding hydrogens is 224 g/mol. The monoisotopic (exact) mass is 256 g/mol. The predicted molar refractivity (Wildman–Crippen MR) is 77.6 cm³/mol. The molecule has 1 aliphatic rings. The molecule has 3 nitrogen and oxygen atoms in total. The van der Waals surface area contributed by atoms with Gasteiger partial charge in [-0.25, -0.2) is 0 Å². The SMILES string of the molecule is CCCC1CCN(CCCC(O)(CC)CN)CC1. The van der Waals surface area contributed by atoms with Crippen molar-refractivity contribution in [2.24, 2.45) is 11.7 Å². The Balaban J connectivity index is 2.14. The van der Waals surface area contributed by atoms with Gasteiger partial charge in [0.1, 0.15) is 0 Å². The Morgan fingerprint density at radius 1 is 1.28 bits per heavy atom. The maximum absolute atomic E-state index is 10.1. The van der Waals surface area contributed by atoms with E-state index in [-0.39, 0.29) is 0 Å². The number of nitrogens with zero attached hydrogens (tertiary/aromatic N) is 1. The van der Waals surface area contributed by atoms with Crippen molar-refractivity contribution in [3.8, 4) is 0 Å². The topological polar surface area (TPSA) is 49.5 Å². The van der Waals surface area contributed by atoms with E-state index in [0.29, 0.717) is 6.54 Å². The second-order valence-electron chi connectivity index (χ2n) is 5.96. The first-order chi connectivity index (χ1) is 8.63. The zero-order chi connectivity index (χ0) is 13.4. The van der Waals surface area contributed by atoms with Crippen molar-refractivity contribution >= 4 is 0 Å². The number of hydrogen-bond acceptors (Lipinski definition) is 3. The summed E-state index contributed by atoms with van der Waals surface area (Å²) in [5.41, 5.74) is 5.00. The van der Waals surface area contributed by atoms with Crippen molar-refractivity contribution in [2.75, 3.05) is 26.2 Å². The van der Waals surface area contributed by atoms with E-state index in [0.717, 1.165) is 31.7 Å². The standard InChI is InChI=1S/C15H32N2O/c1-3-6-14-7-11-17(12-8-14)10-5-9-15(18,4-2)13-16/h14,18H,3-13,16H2,1-2H3. The smallest absolute Gasteiger partial charge is 0.0767 e. The van der Waals surface area contributed by atoms with E-state index in [9.17, 15) is 5.11 Å². The van der Waals surface area contributed by atoms with Gasteiger partial charge in [0.15, 0.2) is 0 Å². The van der Waals surface area contributed by atoms with Gasteiger partial charge >= 0.3 is 0 Å². The van der Waals surface area contributed by atoms with E-state index in [1.54, 1.807) is 0 Å². The lowest BCUT2D eigenvalue weighted by atomic mass is 9.91. The van der Waals surface area contributed by atoms with Crippen LogP contribution in [-0.4, -0.2) is 41.8 Å². The zero-order valence-corrected chi connectivity index (χ0v) is 12.3. The molecule has 108 valence electrons. The van der Waals surface area contributed by atoms with Crippen LogP contribution < -0.4 is 5.73 Å². The number of nitrogens with two attached hydrogens (primary N) is 1. The zero-order valence-electron chi connectivity index (χ0n) is 12.3. The average molecular weight is 256 g/mol. The van der Waals surface area contributed by atoms with Gasteiger partial charge in [0.25, 0.3) is 0 Å². The van der Waals surface area contributed by atoms with Crippen LogP contribution in [0, 0.1) is 5.92 Å². The Bertz CT molecular complexity index is 209. The highest BCUT2D eigenvalue weighted by molar-refractivity contribution is 4.79. The summed E-state index contributed by atoms with van der Waals surface area (Å²) >= 11 is 0. The Hall–Kier alpha value is -0.120. The number of aliphatic hydroxyl groups is 1. The van der Waals surface area contributed by atoms with Crippen molar-refractivity contribution in [3.63, 3.8) is 0 Å². The third-order valence-electron chi connectivity index (χ3n) is 4.56. The Kier molecular flexibility index (Phi) is 7.20. The molecule has 0 aromatic carbocycles. The normalized spacial score (nSPS) is 22.0. The lowest BCUT2D eigenvalue weighted by Gasteiger charge is -2.33. The average Bonchev–Trinajstić information content (AvgIpc) is 2.41. The molecule has 0 saturated carbocycles. The molecule has 1 atom stereocenters. The van der Waals surface area contributed by atoms with E-state index >= 15 is 0 Å². The molecule has 0 amide bonds. The molecule has 1 heterocycles. The Labute approximate surface area is 113 Å². The lowest BCUT2D eigenvalue weighted by molar-refractivity contribution is 0.0304. The van der Waals surface area contributed by atoms with Gasteiger partial charge in [-0.15, -0.1) is 0 Å². The van der Waals surface area contributed by atoms with Crippen molar-refractivity contribution < 1.29 is 5.11 Å². The summed E-state index contributed by atoms with van der Waals surface area (Å²) in [6.45, 7) is 8.31. The Morgan fingerprint density at radius 2 is 1.94 bits per heavy atom. The largest absolute Gasteiger partial charge is 0.389 e. The van der Waals surface area contributed by atoms with Gasteiger partial charge in [-0.2, -0.15) is 0 Å². The van der Waals surface area contributed by atoms with Crippen molar-refractivity contribution in [2.45, 2.75) is 64.4 Å². The molecule has 3 heteroatoms. The molecule has 0 bridgehead atoms. The maximum atomic E-state index is 10.1. The van der Waals surface area contributed by atoms with E-state index in [1.165, 1.54) is 38.8 Å². The van der Waals surface area contributed by atoms with Gasteiger partial charge in [0, 0.05) is 6.54 Å². The number of rotatable bonds is 8. The van der Waals surface area contributed by atoms with Gasteiger partial charge < -0.3 is 15.7 Å². The lowest BCUT2D eigenvalue weighted by Crippen LogP contribution is -2.39. The van der Waals surface area contributed by atoms with E-state index in [1.807, 2.05) is 6.92 Å². The summed E-state index contributed by atoms with van der Waals surface area (Å²) in [6.07, 6.45) is 8.13. The second-order valence-corrected chi connectivity index (χ2v) is 5.96. The van der Waals surface area contributed by atoms with Gasteiger partial charge in [0.05, 0.1) is 5.60 Å². The molecule has 1 aliphatic heterocycles. The summed E-state index contributed by atoms with van der Waals surface area (Å²) in [7, 11) is 0. The molecule has 3 N–H and O–H groups in total. The first-order valence-corrected chi connectivity index (χ1v) is 7.78. The highest BCUT2D eigenvalue weighted by Gasteiger charge is 2.23. The van der Waals surface area contributed by atoms with Crippen LogP contribution in [0.25, 0.3) is 0 Å². The molecule has 0 aliphatic carbocycles. The van der Waals surface area contributed by atoms with Crippen molar-refractivity contribution in [1.82, 2.24) is 4.90 Å². The molecule has 1 unspecified atom stereocenters. The summed E-state index contributed by atoms with van der Waals surface area (Å²) < 4.78 is 0. The first-order valence-electron chi connectivity index (χ1n) is 7.78. The molecule has 0 aromatic rings. The van der Waals surface area contributed by atoms with Crippen LogP contribution in [0.2, 0.25) is 0 Å². The quantitative estimate of drug-likeness (QED) is 0.701. The minimum atomic E-state index is -0.624. The first kappa shape index (κ1) is 15.9. The third kappa shape index (κ3) is 5.25. The molecule has 1 rings (SSSR count). The maximum Gasteiger partial charge on any atom is 0.0767 e. The summed E-state index contributed by atoms with van der Waals surface area (Å²) in [5, 5.41) is 10.1. The molecule has 1 fully saturated rings. The van der Waals surface area contributed by atoms with E-state index in [4.69, 9.17) is 5.73 Å². The van der Waals surface area contributed by atoms with Crippen LogP contribution in [0.5, 0.6) is 0 Å². The fourth-order valence-corrected chi connectivity index (χ4v) is 2.96. The minimum Gasteiger partial charge on any atom is -0.389 e. The fourth-order valence-electron chi connectivity index (χ4n) is 2.96. The number of piperidine rings is 1. The molecule has 18 heavy (non-hydrogen) atoms. The second kappa shape index (κ2) is 8.13. The van der Waals surface area contributed by atoms with Gasteiger partial charge in [-0.3, -0.25) is 0 Å². The van der Waals surface area contributed by atoms with Crippen LogP contribution in [0.1, 0.15) is 58.8 Å². The number of likely N-dealkylation sites (tertiary alicyclic amines) is 1. The van der Waals surface area contributed by atoms with Crippen LogP contribution in [0.15, 0.2) is 0 Å². The van der Waals surface area contributed by atoms with Crippen LogP contribution >= 0.6 is 0 Å². The summed E-state index contributed by atoms with van der Waals surface area (Å²) in [5.74, 6) is 0.961. The molecule has 0 radical (unpaired) electrons. The Morgan fingerprint density at radius 3 is 2.44 bits per heavy atom. The summed E-state index contributed by atoms with van der Waals surface area (Å²) in [6, 6.07) is 0. The predicted octanol–water partition coefficient (Wildman–Crippen LogP) is 2.38. The third-order valence-corrected chi connectivity index (χ3v) is 4.56. The molecule has 0 aromatic heterocycles.